The third-order valence-corrected chi connectivity index (χ3v) is 2.87. The van der Waals surface area contributed by atoms with E-state index in [-0.39, 0.29) is 6.61 Å². The Morgan fingerprint density at radius 2 is 2.26 bits per heavy atom. The van der Waals surface area contributed by atoms with Gasteiger partial charge in [-0.2, -0.15) is 0 Å². The van der Waals surface area contributed by atoms with Gasteiger partial charge >= 0.3 is 0 Å². The molecule has 2 aromatic rings. The number of amides is 1. The monoisotopic (exact) mass is 280 g/mol. The van der Waals surface area contributed by atoms with Crippen LogP contribution in [-0.4, -0.2) is 5.91 Å². The van der Waals surface area contributed by atoms with Gasteiger partial charge in [-0.05, 0) is 30.7 Å². The number of ether oxygens (including phenoxy) is 1. The van der Waals surface area contributed by atoms with Crippen molar-refractivity contribution in [2.45, 2.75) is 13.5 Å². The van der Waals surface area contributed by atoms with Crippen molar-refractivity contribution >= 4 is 17.5 Å². The Balaban J connectivity index is 2.13. The van der Waals surface area contributed by atoms with Crippen LogP contribution in [0, 0.1) is 6.92 Å². The number of nitrogens with one attached hydrogen (secondary N) is 1. The van der Waals surface area contributed by atoms with E-state index in [4.69, 9.17) is 26.6 Å². The molecule has 5 nitrogen and oxygen atoms in total. The second-order valence-electron chi connectivity index (χ2n) is 3.93. The highest BCUT2D eigenvalue weighted by Gasteiger charge is 2.14. The van der Waals surface area contributed by atoms with Gasteiger partial charge in [0.25, 0.3) is 5.91 Å². The lowest BCUT2D eigenvalue weighted by Crippen LogP contribution is -2.30. The first-order valence-corrected chi connectivity index (χ1v) is 5.96. The smallest absolute Gasteiger partial charge is 0.268 e. The molecule has 1 amide bonds. The number of aryl methyl sites for hydroxylation is 1. The van der Waals surface area contributed by atoms with Gasteiger partial charge in [0.2, 0.25) is 0 Å². The Bertz CT molecular complexity index is 595. The molecule has 0 saturated heterocycles. The summed E-state index contributed by atoms with van der Waals surface area (Å²) < 4.78 is 10.8. The van der Waals surface area contributed by atoms with E-state index in [2.05, 4.69) is 5.43 Å². The van der Waals surface area contributed by atoms with Crippen LogP contribution >= 0.6 is 11.6 Å². The lowest BCUT2D eigenvalue weighted by molar-refractivity contribution is 0.0949. The molecule has 1 aromatic carbocycles. The summed E-state index contributed by atoms with van der Waals surface area (Å²) in [5.41, 5.74) is 3.35. The average Bonchev–Trinajstić information content (AvgIpc) is 2.87. The minimum absolute atomic E-state index is 0.122. The van der Waals surface area contributed by atoms with Crippen LogP contribution in [0.4, 0.5) is 0 Å². The van der Waals surface area contributed by atoms with Crippen LogP contribution in [-0.2, 0) is 6.61 Å². The van der Waals surface area contributed by atoms with Crippen molar-refractivity contribution in [1.29, 1.82) is 0 Å². The Morgan fingerprint density at radius 1 is 1.47 bits per heavy atom. The number of hydrogen-bond acceptors (Lipinski definition) is 4. The molecule has 0 aliphatic heterocycles. The third-order valence-electron chi connectivity index (χ3n) is 2.63. The Kier molecular flexibility index (Phi) is 4.09. The molecule has 0 aliphatic rings. The van der Waals surface area contributed by atoms with Gasteiger partial charge in [-0.25, -0.2) is 5.84 Å². The van der Waals surface area contributed by atoms with Crippen LogP contribution in [0.3, 0.4) is 0 Å². The molecule has 1 aromatic heterocycles. The topological polar surface area (TPSA) is 77.5 Å². The number of nitrogens with two attached hydrogens (primary N) is 1. The summed E-state index contributed by atoms with van der Waals surface area (Å²) in [5.74, 6) is 5.71. The minimum Gasteiger partial charge on any atom is -0.485 e. The first-order chi connectivity index (χ1) is 9.11. The maximum Gasteiger partial charge on any atom is 0.268 e. The molecule has 100 valence electrons. The molecule has 6 heteroatoms. The molecule has 0 bridgehead atoms. The molecule has 0 radical (unpaired) electrons. The van der Waals surface area contributed by atoms with Crippen molar-refractivity contribution in [2.75, 3.05) is 0 Å². The Morgan fingerprint density at radius 3 is 3.00 bits per heavy atom. The van der Waals surface area contributed by atoms with E-state index in [0.717, 1.165) is 5.56 Å². The van der Waals surface area contributed by atoms with Crippen LogP contribution in [0.5, 0.6) is 5.75 Å². The van der Waals surface area contributed by atoms with Gasteiger partial charge in [0.05, 0.1) is 11.8 Å². The molecule has 0 fully saturated rings. The van der Waals surface area contributed by atoms with Gasteiger partial charge in [0, 0.05) is 5.02 Å². The highest BCUT2D eigenvalue weighted by atomic mass is 35.5. The fraction of sp³-hybridized carbons (Fsp3) is 0.154. The first-order valence-electron chi connectivity index (χ1n) is 5.58. The number of carbonyl (C=O) groups is 1. The van der Waals surface area contributed by atoms with Crippen LogP contribution in [0.25, 0.3) is 0 Å². The van der Waals surface area contributed by atoms with E-state index in [0.29, 0.717) is 22.1 Å². The standard InChI is InChI=1S/C13H13ClN2O3/c1-8-2-3-9(14)6-11(8)19-7-12-10(4-5-18-12)13(17)16-15/h2-6H,7,15H2,1H3,(H,16,17). The molecule has 1 heterocycles. The van der Waals surface area contributed by atoms with Crippen molar-refractivity contribution in [3.8, 4) is 5.75 Å². The third kappa shape index (κ3) is 3.07. The van der Waals surface area contributed by atoms with E-state index in [1.165, 1.54) is 12.3 Å². The number of nitrogen functional groups attached to an aromatic ring is 1. The Hall–Kier alpha value is -1.98. The molecular weight excluding hydrogens is 268 g/mol. The zero-order valence-electron chi connectivity index (χ0n) is 10.3. The van der Waals surface area contributed by atoms with Crippen molar-refractivity contribution in [3.05, 3.63) is 52.4 Å². The van der Waals surface area contributed by atoms with Gasteiger partial charge in [-0.3, -0.25) is 10.2 Å². The molecule has 19 heavy (non-hydrogen) atoms. The maximum absolute atomic E-state index is 11.5. The van der Waals surface area contributed by atoms with Gasteiger partial charge in [-0.1, -0.05) is 17.7 Å². The van der Waals surface area contributed by atoms with E-state index in [1.807, 2.05) is 13.0 Å². The highest BCUT2D eigenvalue weighted by Crippen LogP contribution is 2.24. The van der Waals surface area contributed by atoms with Gasteiger partial charge < -0.3 is 9.15 Å². The lowest BCUT2D eigenvalue weighted by atomic mass is 10.2. The highest BCUT2D eigenvalue weighted by molar-refractivity contribution is 6.30. The number of benzene rings is 1. The van der Waals surface area contributed by atoms with E-state index in [1.54, 1.807) is 12.1 Å². The molecule has 0 spiro atoms. The van der Waals surface area contributed by atoms with E-state index in [9.17, 15) is 4.79 Å². The van der Waals surface area contributed by atoms with E-state index < -0.39 is 5.91 Å². The quantitative estimate of drug-likeness (QED) is 0.512. The summed E-state index contributed by atoms with van der Waals surface area (Å²) in [6, 6.07) is 6.88. The van der Waals surface area contributed by atoms with Crippen molar-refractivity contribution in [3.63, 3.8) is 0 Å². The summed E-state index contributed by atoms with van der Waals surface area (Å²) in [6.07, 6.45) is 1.41. The second-order valence-corrected chi connectivity index (χ2v) is 4.37. The summed E-state index contributed by atoms with van der Waals surface area (Å²) in [4.78, 5) is 11.5. The normalized spacial score (nSPS) is 10.3. The van der Waals surface area contributed by atoms with Crippen molar-refractivity contribution in [2.24, 2.45) is 5.84 Å². The van der Waals surface area contributed by atoms with E-state index >= 15 is 0 Å². The summed E-state index contributed by atoms with van der Waals surface area (Å²) in [7, 11) is 0. The summed E-state index contributed by atoms with van der Waals surface area (Å²) in [6.45, 7) is 2.03. The number of furan rings is 1. The molecule has 0 saturated carbocycles. The zero-order chi connectivity index (χ0) is 13.8. The number of carbonyl (C=O) groups excluding carboxylic acids is 1. The second kappa shape index (κ2) is 5.77. The zero-order valence-corrected chi connectivity index (χ0v) is 11.0. The molecule has 0 unspecified atom stereocenters. The average molecular weight is 281 g/mol. The van der Waals surface area contributed by atoms with Crippen molar-refractivity contribution < 1.29 is 13.9 Å². The van der Waals surface area contributed by atoms with Crippen molar-refractivity contribution in [1.82, 2.24) is 5.43 Å². The number of halogens is 1. The largest absolute Gasteiger partial charge is 0.485 e. The Labute approximate surface area is 115 Å². The predicted molar refractivity (Wildman–Crippen MR) is 70.9 cm³/mol. The van der Waals surface area contributed by atoms with Crippen LogP contribution < -0.4 is 16.0 Å². The summed E-state index contributed by atoms with van der Waals surface area (Å²) in [5, 5.41) is 0.583. The van der Waals surface area contributed by atoms with Crippen LogP contribution in [0.1, 0.15) is 21.7 Å². The number of hydrazine groups is 1. The lowest BCUT2D eigenvalue weighted by Gasteiger charge is -2.09. The molecule has 2 rings (SSSR count). The molecule has 0 aliphatic carbocycles. The first kappa shape index (κ1) is 13.5. The van der Waals surface area contributed by atoms with Gasteiger partial charge in [-0.15, -0.1) is 0 Å². The van der Waals surface area contributed by atoms with Crippen LogP contribution in [0.2, 0.25) is 5.02 Å². The van der Waals surface area contributed by atoms with Crippen LogP contribution in [0.15, 0.2) is 34.9 Å². The number of hydrogen-bond donors (Lipinski definition) is 2. The fourth-order valence-electron chi connectivity index (χ4n) is 1.61. The molecular formula is C13H13ClN2O3. The summed E-state index contributed by atoms with van der Waals surface area (Å²) >= 11 is 5.90. The minimum atomic E-state index is -0.421. The fourth-order valence-corrected chi connectivity index (χ4v) is 1.77. The SMILES string of the molecule is Cc1ccc(Cl)cc1OCc1occc1C(=O)NN. The van der Waals surface area contributed by atoms with Gasteiger partial charge in [0.15, 0.2) is 5.76 Å². The maximum atomic E-state index is 11.5. The molecule has 0 atom stereocenters. The number of rotatable bonds is 4. The predicted octanol–water partition coefficient (Wildman–Crippen LogP) is 2.42. The molecule has 3 N–H and O–H groups in total. The van der Waals surface area contributed by atoms with Gasteiger partial charge in [0.1, 0.15) is 12.4 Å².